The second-order valence-corrected chi connectivity index (χ2v) is 6.18. The quantitative estimate of drug-likeness (QED) is 0.940. The molecule has 122 valence electrons. The predicted octanol–water partition coefficient (Wildman–Crippen LogP) is 2.06. The molecule has 1 saturated heterocycles. The number of benzene rings is 1. The lowest BCUT2D eigenvalue weighted by Gasteiger charge is -2.31. The van der Waals surface area contributed by atoms with Crippen molar-refractivity contribution in [3.63, 3.8) is 0 Å². The van der Waals surface area contributed by atoms with Crippen molar-refractivity contribution in [3.8, 4) is 0 Å². The Morgan fingerprint density at radius 2 is 2.00 bits per heavy atom. The van der Waals surface area contributed by atoms with E-state index in [0.29, 0.717) is 18.2 Å². The molecule has 5 nitrogen and oxygen atoms in total. The molecule has 1 N–H and O–H groups in total. The second-order valence-electron chi connectivity index (χ2n) is 6.18. The Bertz CT molecular complexity index is 659. The normalized spacial score (nSPS) is 15.6. The van der Waals surface area contributed by atoms with E-state index in [-0.39, 0.29) is 5.91 Å². The third kappa shape index (κ3) is 3.45. The van der Waals surface area contributed by atoms with Crippen molar-refractivity contribution in [1.29, 1.82) is 0 Å². The average molecular weight is 312 g/mol. The van der Waals surface area contributed by atoms with Crippen LogP contribution in [0.2, 0.25) is 0 Å². The fraction of sp³-hybridized carbons (Fsp3) is 0.444. The number of hydrogen-bond donors (Lipinski definition) is 1. The zero-order chi connectivity index (χ0) is 16.2. The van der Waals surface area contributed by atoms with Gasteiger partial charge in [-0.2, -0.15) is 5.10 Å². The Kier molecular flexibility index (Phi) is 4.76. The lowest BCUT2D eigenvalue weighted by Crippen LogP contribution is -2.44. The lowest BCUT2D eigenvalue weighted by molar-refractivity contribution is 0.0702. The van der Waals surface area contributed by atoms with Crippen molar-refractivity contribution >= 4 is 5.91 Å². The minimum Gasteiger partial charge on any atom is -0.339 e. The molecular formula is C18H24N4O. The Morgan fingerprint density at radius 3 is 2.70 bits per heavy atom. The highest BCUT2D eigenvalue weighted by Gasteiger charge is 2.25. The number of rotatable bonds is 4. The standard InChI is InChI=1S/C18H24N4O/c1-14-17(18(23)21(2)16-8-10-19-11-9-16)12-20-22(14)13-15-6-4-3-5-7-15/h3-7,12,16,19H,8-11,13H2,1-2H3. The summed E-state index contributed by atoms with van der Waals surface area (Å²) in [6, 6.07) is 10.5. The third-order valence-corrected chi connectivity index (χ3v) is 4.69. The van der Waals surface area contributed by atoms with Crippen molar-refractivity contribution in [2.45, 2.75) is 32.4 Å². The van der Waals surface area contributed by atoms with Gasteiger partial charge in [-0.15, -0.1) is 0 Å². The second kappa shape index (κ2) is 6.96. The molecule has 1 fully saturated rings. The fourth-order valence-electron chi connectivity index (χ4n) is 3.12. The molecule has 2 heterocycles. The van der Waals surface area contributed by atoms with Gasteiger partial charge in [0.1, 0.15) is 0 Å². The summed E-state index contributed by atoms with van der Waals surface area (Å²) in [5.74, 6) is 0.0775. The number of nitrogens with one attached hydrogen (secondary N) is 1. The number of nitrogens with zero attached hydrogens (tertiary/aromatic N) is 3. The van der Waals surface area contributed by atoms with E-state index in [4.69, 9.17) is 0 Å². The number of carbonyl (C=O) groups is 1. The van der Waals surface area contributed by atoms with Gasteiger partial charge in [0, 0.05) is 18.8 Å². The molecule has 1 aliphatic heterocycles. The van der Waals surface area contributed by atoms with E-state index in [1.54, 1.807) is 6.20 Å². The van der Waals surface area contributed by atoms with Crippen LogP contribution in [-0.2, 0) is 6.54 Å². The summed E-state index contributed by atoms with van der Waals surface area (Å²) in [6.45, 7) is 4.62. The maximum absolute atomic E-state index is 12.8. The number of piperidine rings is 1. The van der Waals surface area contributed by atoms with Gasteiger partial charge >= 0.3 is 0 Å². The van der Waals surface area contributed by atoms with Gasteiger partial charge in [0.05, 0.1) is 18.3 Å². The van der Waals surface area contributed by atoms with E-state index < -0.39 is 0 Å². The molecule has 1 aromatic heterocycles. The highest BCUT2D eigenvalue weighted by molar-refractivity contribution is 5.95. The van der Waals surface area contributed by atoms with E-state index >= 15 is 0 Å². The largest absolute Gasteiger partial charge is 0.339 e. The smallest absolute Gasteiger partial charge is 0.257 e. The molecule has 2 aromatic rings. The summed E-state index contributed by atoms with van der Waals surface area (Å²) in [4.78, 5) is 14.7. The number of amides is 1. The van der Waals surface area contributed by atoms with Crippen molar-refractivity contribution in [1.82, 2.24) is 20.0 Å². The van der Waals surface area contributed by atoms with Gasteiger partial charge < -0.3 is 10.2 Å². The highest BCUT2D eigenvalue weighted by Crippen LogP contribution is 2.17. The van der Waals surface area contributed by atoms with Crippen molar-refractivity contribution in [2.75, 3.05) is 20.1 Å². The summed E-state index contributed by atoms with van der Waals surface area (Å²) in [7, 11) is 1.91. The lowest BCUT2D eigenvalue weighted by atomic mass is 10.0. The van der Waals surface area contributed by atoms with Gasteiger partial charge in [0.15, 0.2) is 0 Å². The average Bonchev–Trinajstić information content (AvgIpc) is 2.96. The van der Waals surface area contributed by atoms with E-state index in [0.717, 1.165) is 31.6 Å². The van der Waals surface area contributed by atoms with Crippen LogP contribution in [0.25, 0.3) is 0 Å². The van der Waals surface area contributed by atoms with E-state index in [1.807, 2.05) is 41.8 Å². The van der Waals surface area contributed by atoms with E-state index in [9.17, 15) is 4.79 Å². The van der Waals surface area contributed by atoms with Crippen LogP contribution in [-0.4, -0.2) is 46.8 Å². The highest BCUT2D eigenvalue weighted by atomic mass is 16.2. The number of carbonyl (C=O) groups excluding carboxylic acids is 1. The zero-order valence-corrected chi connectivity index (χ0v) is 13.8. The molecule has 0 bridgehead atoms. The first-order valence-corrected chi connectivity index (χ1v) is 8.21. The van der Waals surface area contributed by atoms with Crippen LogP contribution in [0.3, 0.4) is 0 Å². The fourth-order valence-corrected chi connectivity index (χ4v) is 3.12. The Hall–Kier alpha value is -2.14. The van der Waals surface area contributed by atoms with Crippen molar-refractivity contribution < 1.29 is 4.79 Å². The zero-order valence-electron chi connectivity index (χ0n) is 13.8. The minimum absolute atomic E-state index is 0.0775. The summed E-state index contributed by atoms with van der Waals surface area (Å²) >= 11 is 0. The molecule has 1 aromatic carbocycles. The van der Waals surface area contributed by atoms with Gasteiger partial charge in [-0.3, -0.25) is 9.48 Å². The molecule has 0 radical (unpaired) electrons. The van der Waals surface area contributed by atoms with E-state index in [2.05, 4.69) is 22.5 Å². The number of aromatic nitrogens is 2. The van der Waals surface area contributed by atoms with Crippen LogP contribution < -0.4 is 5.32 Å². The van der Waals surface area contributed by atoms with Gasteiger partial charge in [-0.25, -0.2) is 0 Å². The van der Waals surface area contributed by atoms with Gasteiger partial charge in [0.2, 0.25) is 0 Å². The van der Waals surface area contributed by atoms with Crippen LogP contribution in [0.1, 0.15) is 34.5 Å². The van der Waals surface area contributed by atoms with Gasteiger partial charge in [-0.1, -0.05) is 30.3 Å². The Labute approximate surface area is 137 Å². The van der Waals surface area contributed by atoms with E-state index in [1.165, 1.54) is 5.56 Å². The topological polar surface area (TPSA) is 50.2 Å². The van der Waals surface area contributed by atoms with Crippen LogP contribution in [0.5, 0.6) is 0 Å². The predicted molar refractivity (Wildman–Crippen MR) is 90.5 cm³/mol. The maximum Gasteiger partial charge on any atom is 0.257 e. The van der Waals surface area contributed by atoms with Crippen LogP contribution in [0, 0.1) is 6.92 Å². The van der Waals surface area contributed by atoms with Crippen LogP contribution in [0.15, 0.2) is 36.5 Å². The SMILES string of the molecule is Cc1c(C(=O)N(C)C2CCNCC2)cnn1Cc1ccccc1. The summed E-state index contributed by atoms with van der Waals surface area (Å²) < 4.78 is 1.90. The summed E-state index contributed by atoms with van der Waals surface area (Å²) in [5, 5.41) is 7.75. The molecule has 1 aliphatic rings. The minimum atomic E-state index is 0.0775. The summed E-state index contributed by atoms with van der Waals surface area (Å²) in [6.07, 6.45) is 3.73. The third-order valence-electron chi connectivity index (χ3n) is 4.69. The van der Waals surface area contributed by atoms with Gasteiger partial charge in [0.25, 0.3) is 5.91 Å². The first kappa shape index (κ1) is 15.7. The molecule has 0 atom stereocenters. The van der Waals surface area contributed by atoms with Gasteiger partial charge in [-0.05, 0) is 38.4 Å². The molecule has 0 saturated carbocycles. The maximum atomic E-state index is 12.8. The first-order valence-electron chi connectivity index (χ1n) is 8.21. The first-order chi connectivity index (χ1) is 11.2. The molecule has 23 heavy (non-hydrogen) atoms. The molecule has 0 unspecified atom stereocenters. The molecule has 0 spiro atoms. The molecule has 3 rings (SSSR count). The van der Waals surface area contributed by atoms with Crippen molar-refractivity contribution in [2.24, 2.45) is 0 Å². The molecule has 1 amide bonds. The molecule has 0 aliphatic carbocycles. The van der Waals surface area contributed by atoms with Crippen LogP contribution in [0.4, 0.5) is 0 Å². The Morgan fingerprint density at radius 1 is 1.30 bits per heavy atom. The van der Waals surface area contributed by atoms with Crippen LogP contribution >= 0.6 is 0 Å². The number of hydrogen-bond acceptors (Lipinski definition) is 3. The molecular weight excluding hydrogens is 288 g/mol. The molecule has 5 heteroatoms. The monoisotopic (exact) mass is 312 g/mol. The van der Waals surface area contributed by atoms with Crippen molar-refractivity contribution in [3.05, 3.63) is 53.3 Å². The Balaban J connectivity index is 1.74. The summed E-state index contributed by atoms with van der Waals surface area (Å²) in [5.41, 5.74) is 2.83.